The lowest BCUT2D eigenvalue weighted by atomic mass is 9.81. The Kier molecular flexibility index (Phi) is 6.20. The van der Waals surface area contributed by atoms with Crippen LogP contribution in [0.2, 0.25) is 0 Å². The van der Waals surface area contributed by atoms with Crippen molar-refractivity contribution >= 4 is 39.0 Å². The second-order valence-electron chi connectivity index (χ2n) is 13.0. The van der Waals surface area contributed by atoms with Crippen molar-refractivity contribution in [1.82, 2.24) is 0 Å². The highest BCUT2D eigenvalue weighted by Crippen LogP contribution is 2.51. The number of hydrogen-bond donors (Lipinski definition) is 0. The zero-order valence-corrected chi connectivity index (χ0v) is 26.4. The number of rotatable bonds is 5. The summed E-state index contributed by atoms with van der Waals surface area (Å²) >= 11 is 0. The van der Waals surface area contributed by atoms with Crippen LogP contribution in [0.3, 0.4) is 0 Å². The van der Waals surface area contributed by atoms with E-state index in [1.54, 1.807) is 0 Å². The summed E-state index contributed by atoms with van der Waals surface area (Å²) in [4.78, 5) is 2.36. The molecule has 2 nitrogen and oxygen atoms in total. The fourth-order valence-electron chi connectivity index (χ4n) is 7.46. The third-order valence-corrected chi connectivity index (χ3v) is 9.88. The minimum atomic E-state index is -0.136. The van der Waals surface area contributed by atoms with Crippen LogP contribution in [0.25, 0.3) is 55.3 Å². The van der Waals surface area contributed by atoms with Gasteiger partial charge in [0.05, 0.1) is 0 Å². The summed E-state index contributed by atoms with van der Waals surface area (Å²) in [5, 5.41) is 2.29. The minimum Gasteiger partial charge on any atom is -0.455 e. The van der Waals surface area contributed by atoms with E-state index in [4.69, 9.17) is 4.42 Å². The van der Waals surface area contributed by atoms with Gasteiger partial charge in [-0.2, -0.15) is 0 Å². The molecular formula is C45H33NO. The van der Waals surface area contributed by atoms with Crippen molar-refractivity contribution in [2.45, 2.75) is 19.3 Å². The molecule has 0 radical (unpaired) electrons. The summed E-state index contributed by atoms with van der Waals surface area (Å²) in [6.45, 7) is 4.72. The first-order chi connectivity index (χ1) is 23.1. The molecule has 0 saturated heterocycles. The van der Waals surface area contributed by atoms with E-state index in [9.17, 15) is 0 Å². The van der Waals surface area contributed by atoms with Gasteiger partial charge in [-0.25, -0.2) is 0 Å². The van der Waals surface area contributed by atoms with Crippen molar-refractivity contribution in [3.8, 4) is 33.4 Å². The van der Waals surface area contributed by atoms with Crippen molar-refractivity contribution in [2.75, 3.05) is 4.90 Å². The molecule has 7 aromatic carbocycles. The summed E-state index contributed by atoms with van der Waals surface area (Å²) in [6, 6.07) is 58.8. The van der Waals surface area contributed by atoms with E-state index in [0.717, 1.165) is 50.1 Å². The second kappa shape index (κ2) is 10.6. The quantitative estimate of drug-likeness (QED) is 0.195. The van der Waals surface area contributed by atoms with Gasteiger partial charge in [0.15, 0.2) is 0 Å². The van der Waals surface area contributed by atoms with E-state index in [0.29, 0.717) is 0 Å². The monoisotopic (exact) mass is 603 g/mol. The number of hydrogen-bond acceptors (Lipinski definition) is 2. The largest absolute Gasteiger partial charge is 0.455 e. The zero-order chi connectivity index (χ0) is 31.5. The zero-order valence-electron chi connectivity index (χ0n) is 26.4. The molecule has 0 bridgehead atoms. The molecule has 0 spiro atoms. The first-order valence-corrected chi connectivity index (χ1v) is 16.3. The molecule has 224 valence electrons. The van der Waals surface area contributed by atoms with Gasteiger partial charge < -0.3 is 9.32 Å². The van der Waals surface area contributed by atoms with Crippen LogP contribution in [0.15, 0.2) is 168 Å². The predicted molar refractivity (Wildman–Crippen MR) is 197 cm³/mol. The van der Waals surface area contributed by atoms with E-state index in [-0.39, 0.29) is 5.41 Å². The van der Waals surface area contributed by atoms with Crippen LogP contribution < -0.4 is 4.90 Å². The number of furan rings is 1. The van der Waals surface area contributed by atoms with E-state index < -0.39 is 0 Å². The Morgan fingerprint density at radius 1 is 0.426 bits per heavy atom. The summed E-state index contributed by atoms with van der Waals surface area (Å²) in [6.07, 6.45) is 0. The maximum Gasteiger partial charge on any atom is 0.143 e. The van der Waals surface area contributed by atoms with Gasteiger partial charge in [0, 0.05) is 38.8 Å². The minimum absolute atomic E-state index is 0.136. The highest BCUT2D eigenvalue weighted by molar-refractivity contribution is 6.09. The molecule has 2 heteroatoms. The molecule has 0 aliphatic heterocycles. The molecule has 47 heavy (non-hydrogen) atoms. The molecule has 1 aromatic heterocycles. The third-order valence-electron chi connectivity index (χ3n) is 9.88. The molecule has 1 aliphatic carbocycles. The fourth-order valence-corrected chi connectivity index (χ4v) is 7.46. The van der Waals surface area contributed by atoms with Gasteiger partial charge in [0.1, 0.15) is 11.2 Å². The van der Waals surface area contributed by atoms with Gasteiger partial charge in [-0.3, -0.25) is 0 Å². The van der Waals surface area contributed by atoms with Crippen LogP contribution in [-0.2, 0) is 5.41 Å². The van der Waals surface area contributed by atoms with Crippen LogP contribution in [-0.4, -0.2) is 0 Å². The smallest absolute Gasteiger partial charge is 0.143 e. The van der Waals surface area contributed by atoms with E-state index in [2.05, 4.69) is 170 Å². The van der Waals surface area contributed by atoms with Crippen molar-refractivity contribution in [2.24, 2.45) is 0 Å². The maximum atomic E-state index is 6.37. The summed E-state index contributed by atoms with van der Waals surface area (Å²) < 4.78 is 6.37. The molecule has 8 aromatic rings. The van der Waals surface area contributed by atoms with Crippen molar-refractivity contribution in [3.63, 3.8) is 0 Å². The maximum absolute atomic E-state index is 6.37. The number of para-hydroxylation sites is 3. The van der Waals surface area contributed by atoms with Gasteiger partial charge in [-0.15, -0.1) is 0 Å². The lowest BCUT2D eigenvalue weighted by molar-refractivity contribution is 0.660. The van der Waals surface area contributed by atoms with Gasteiger partial charge in [0.25, 0.3) is 0 Å². The molecule has 1 aliphatic rings. The average Bonchev–Trinajstić information content (AvgIpc) is 3.61. The van der Waals surface area contributed by atoms with Crippen LogP contribution in [0.1, 0.15) is 25.0 Å². The molecule has 0 atom stereocenters. The van der Waals surface area contributed by atoms with E-state index in [1.807, 2.05) is 12.1 Å². The average molecular weight is 604 g/mol. The van der Waals surface area contributed by atoms with Crippen molar-refractivity contribution in [1.29, 1.82) is 0 Å². The highest BCUT2D eigenvalue weighted by Gasteiger charge is 2.36. The Labute approximate surface area is 275 Å². The van der Waals surface area contributed by atoms with Gasteiger partial charge >= 0.3 is 0 Å². The third kappa shape index (κ3) is 4.40. The van der Waals surface area contributed by atoms with Crippen LogP contribution in [0.5, 0.6) is 0 Å². The normalized spacial score (nSPS) is 13.1. The lowest BCUT2D eigenvalue weighted by Crippen LogP contribution is -2.16. The Hall–Kier alpha value is -5.86. The topological polar surface area (TPSA) is 16.4 Å². The summed E-state index contributed by atoms with van der Waals surface area (Å²) in [7, 11) is 0. The van der Waals surface area contributed by atoms with Crippen molar-refractivity contribution < 1.29 is 4.42 Å². The molecule has 0 saturated carbocycles. The Morgan fingerprint density at radius 2 is 1.02 bits per heavy atom. The van der Waals surface area contributed by atoms with E-state index >= 15 is 0 Å². The molecule has 0 N–H and O–H groups in total. The van der Waals surface area contributed by atoms with Gasteiger partial charge in [-0.05, 0) is 87.5 Å². The summed E-state index contributed by atoms with van der Waals surface area (Å²) in [5.74, 6) is 0. The first-order valence-electron chi connectivity index (χ1n) is 16.3. The second-order valence-corrected chi connectivity index (χ2v) is 13.0. The SMILES string of the molecule is CC1(C)c2cc(-c3ccccc3)ccc2-c2ccc(N(c3ccccc3)c3ccc(-c4cccc5c4oc4ccccc45)cc3)cc21. The number of anilines is 3. The van der Waals surface area contributed by atoms with Gasteiger partial charge in [-0.1, -0.05) is 129 Å². The number of benzene rings is 7. The number of nitrogens with zero attached hydrogens (tertiary/aromatic N) is 1. The van der Waals surface area contributed by atoms with Crippen LogP contribution >= 0.6 is 0 Å². The van der Waals surface area contributed by atoms with Gasteiger partial charge in [0.2, 0.25) is 0 Å². The molecule has 1 heterocycles. The molecule has 9 rings (SSSR count). The lowest BCUT2D eigenvalue weighted by Gasteiger charge is -2.28. The first kappa shape index (κ1) is 27.5. The van der Waals surface area contributed by atoms with E-state index in [1.165, 1.54) is 33.4 Å². The molecule has 0 amide bonds. The molecule has 0 fully saturated rings. The standard InChI is InChI=1S/C45H33NO/c1-45(2)41-28-32(30-12-5-3-6-13-30)22-26-37(41)38-27-25-35(29-42(38)45)46(33-14-7-4-8-15-33)34-23-20-31(21-24-34)36-17-11-18-40-39-16-9-10-19-43(39)47-44(36)40/h3-29H,1-2H3. The predicted octanol–water partition coefficient (Wildman–Crippen LogP) is 12.7. The Morgan fingerprint density at radius 3 is 1.81 bits per heavy atom. The Balaban J connectivity index is 1.13. The van der Waals surface area contributed by atoms with Crippen molar-refractivity contribution in [3.05, 3.63) is 175 Å². The molecule has 0 unspecified atom stereocenters. The summed E-state index contributed by atoms with van der Waals surface area (Å²) in [5.41, 5.74) is 15.2. The Bertz CT molecular complexity index is 2420. The van der Waals surface area contributed by atoms with Crippen LogP contribution in [0.4, 0.5) is 17.1 Å². The molecular weight excluding hydrogens is 571 g/mol. The number of fused-ring (bicyclic) bond motifs is 6. The van der Waals surface area contributed by atoms with Crippen LogP contribution in [0, 0.1) is 0 Å². The highest BCUT2D eigenvalue weighted by atomic mass is 16.3. The fraction of sp³-hybridized carbons (Fsp3) is 0.0667.